The van der Waals surface area contributed by atoms with Crippen LogP contribution in [0.1, 0.15) is 10.5 Å². The number of benzene rings is 3. The third kappa shape index (κ3) is 5.28. The number of nitrogens with zero attached hydrogens (tertiary/aromatic N) is 1. The van der Waals surface area contributed by atoms with Gasteiger partial charge in [0.25, 0.3) is 5.91 Å². The second-order valence-electron chi connectivity index (χ2n) is 6.93. The van der Waals surface area contributed by atoms with E-state index in [1.165, 1.54) is 4.68 Å². The summed E-state index contributed by atoms with van der Waals surface area (Å²) in [5.74, 6) is -2.40. The second kappa shape index (κ2) is 9.54. The van der Waals surface area contributed by atoms with Crippen LogP contribution in [-0.4, -0.2) is 22.4 Å². The van der Waals surface area contributed by atoms with E-state index in [1.54, 1.807) is 72.8 Å². The van der Waals surface area contributed by atoms with Crippen molar-refractivity contribution in [2.75, 3.05) is 16.1 Å². The predicted octanol–water partition coefficient (Wildman–Crippen LogP) is 5.56. The Morgan fingerprint density at radius 1 is 0.636 bits per heavy atom. The Labute approximate surface area is 203 Å². The number of halogens is 3. The maximum Gasteiger partial charge on any atom is 0.328 e. The maximum atomic E-state index is 13.0. The van der Waals surface area contributed by atoms with E-state index < -0.39 is 17.7 Å². The maximum absolute atomic E-state index is 13.0. The van der Waals surface area contributed by atoms with E-state index in [1.807, 2.05) is 0 Å². The van der Waals surface area contributed by atoms with Gasteiger partial charge in [0.1, 0.15) is 5.69 Å². The molecule has 4 rings (SSSR count). The minimum absolute atomic E-state index is 0.0925. The molecule has 33 heavy (non-hydrogen) atoms. The fourth-order valence-electron chi connectivity index (χ4n) is 3.08. The van der Waals surface area contributed by atoms with Gasteiger partial charge in [-0.3, -0.25) is 19.8 Å². The summed E-state index contributed by atoms with van der Waals surface area (Å²) in [6.07, 6.45) is 0. The number of carbonyl (C=O) groups excluding carboxylic acids is 3. The van der Waals surface area contributed by atoms with Gasteiger partial charge in [-0.15, -0.1) is 0 Å². The summed E-state index contributed by atoms with van der Waals surface area (Å²) in [6, 6.07) is 19.3. The Hall–Kier alpha value is -3.52. The lowest BCUT2D eigenvalue weighted by Gasteiger charge is -2.13. The highest BCUT2D eigenvalue weighted by Gasteiger charge is 2.21. The van der Waals surface area contributed by atoms with Crippen LogP contribution in [0, 0.1) is 0 Å². The summed E-state index contributed by atoms with van der Waals surface area (Å²) >= 11 is 17.8. The lowest BCUT2D eigenvalue weighted by Crippen LogP contribution is -2.36. The smallest absolute Gasteiger partial charge is 0.321 e. The third-order valence-electron chi connectivity index (χ3n) is 4.62. The van der Waals surface area contributed by atoms with Crippen LogP contribution in [0.15, 0.2) is 72.8 Å². The first-order valence-corrected chi connectivity index (χ1v) is 10.7. The summed E-state index contributed by atoms with van der Waals surface area (Å²) in [4.78, 5) is 38.0. The molecular formula is C23H15Cl3N4O3. The Morgan fingerprint density at radius 3 is 1.79 bits per heavy atom. The van der Waals surface area contributed by atoms with Crippen molar-refractivity contribution in [3.8, 4) is 0 Å². The largest absolute Gasteiger partial charge is 0.328 e. The molecule has 0 aliphatic carbocycles. The van der Waals surface area contributed by atoms with Gasteiger partial charge in [-0.1, -0.05) is 34.8 Å². The molecule has 0 fully saturated rings. The average molecular weight is 502 g/mol. The number of amides is 3. The number of hydrogen-bond donors (Lipinski definition) is 3. The van der Waals surface area contributed by atoms with Gasteiger partial charge in [0.2, 0.25) is 0 Å². The molecule has 0 saturated carbocycles. The van der Waals surface area contributed by atoms with E-state index >= 15 is 0 Å². The summed E-state index contributed by atoms with van der Waals surface area (Å²) < 4.78 is 1.24. The zero-order valence-electron chi connectivity index (χ0n) is 16.7. The Bertz CT molecular complexity index is 1370. The monoisotopic (exact) mass is 500 g/mol. The van der Waals surface area contributed by atoms with E-state index in [2.05, 4.69) is 16.1 Å². The first kappa shape index (κ1) is 22.7. The van der Waals surface area contributed by atoms with Crippen molar-refractivity contribution < 1.29 is 14.4 Å². The Morgan fingerprint density at radius 2 is 1.18 bits per heavy atom. The molecule has 1 aromatic heterocycles. The van der Waals surface area contributed by atoms with E-state index in [9.17, 15) is 14.4 Å². The zero-order valence-corrected chi connectivity index (χ0v) is 19.0. The second-order valence-corrected chi connectivity index (χ2v) is 8.24. The number of carbonyl (C=O) groups is 3. The minimum Gasteiger partial charge on any atom is -0.321 e. The van der Waals surface area contributed by atoms with Crippen molar-refractivity contribution >= 4 is 74.8 Å². The summed E-state index contributed by atoms with van der Waals surface area (Å²) in [5, 5.41) is 7.28. The fourth-order valence-corrected chi connectivity index (χ4v) is 3.51. The molecule has 3 N–H and O–H groups in total. The molecule has 3 aromatic carbocycles. The van der Waals surface area contributed by atoms with E-state index in [-0.39, 0.29) is 5.69 Å². The van der Waals surface area contributed by atoms with Gasteiger partial charge in [0.15, 0.2) is 0 Å². The average Bonchev–Trinajstić information content (AvgIpc) is 3.14. The van der Waals surface area contributed by atoms with Crippen molar-refractivity contribution in [2.24, 2.45) is 0 Å². The molecule has 4 aromatic rings. The van der Waals surface area contributed by atoms with Crippen molar-refractivity contribution in [3.05, 3.63) is 93.6 Å². The SMILES string of the molecule is O=C(Nc1ccc(Cl)cc1)C(=O)Nn1c(C(=O)Nc2ccc(Cl)cc2)cc2cc(Cl)ccc21. The normalized spacial score (nSPS) is 10.6. The Balaban J connectivity index is 1.61. The highest BCUT2D eigenvalue weighted by atomic mass is 35.5. The molecule has 0 bridgehead atoms. The molecule has 7 nitrogen and oxygen atoms in total. The number of rotatable bonds is 4. The van der Waals surface area contributed by atoms with Crippen LogP contribution >= 0.6 is 34.8 Å². The number of anilines is 2. The van der Waals surface area contributed by atoms with Gasteiger partial charge in [-0.25, -0.2) is 4.68 Å². The molecule has 0 aliphatic rings. The zero-order chi connectivity index (χ0) is 23.5. The molecule has 1 heterocycles. The predicted molar refractivity (Wildman–Crippen MR) is 131 cm³/mol. The van der Waals surface area contributed by atoms with Gasteiger partial charge in [-0.2, -0.15) is 0 Å². The minimum atomic E-state index is -0.974. The van der Waals surface area contributed by atoms with Crippen molar-refractivity contribution in [1.82, 2.24) is 4.68 Å². The summed E-state index contributed by atoms with van der Waals surface area (Å²) in [5.41, 5.74) is 3.95. The molecule has 166 valence electrons. The first-order chi connectivity index (χ1) is 15.8. The highest BCUT2D eigenvalue weighted by Crippen LogP contribution is 2.24. The van der Waals surface area contributed by atoms with Gasteiger partial charge in [0, 0.05) is 31.8 Å². The quantitative estimate of drug-likeness (QED) is 0.320. The fraction of sp³-hybridized carbons (Fsp3) is 0. The first-order valence-electron chi connectivity index (χ1n) is 9.56. The number of nitrogens with one attached hydrogen (secondary N) is 3. The van der Waals surface area contributed by atoms with Crippen LogP contribution in [-0.2, 0) is 9.59 Å². The van der Waals surface area contributed by atoms with Crippen molar-refractivity contribution in [3.63, 3.8) is 0 Å². The molecule has 0 aliphatic heterocycles. The molecule has 0 radical (unpaired) electrons. The van der Waals surface area contributed by atoms with Gasteiger partial charge in [0.05, 0.1) is 5.52 Å². The third-order valence-corrected chi connectivity index (χ3v) is 5.36. The number of hydrogen-bond acceptors (Lipinski definition) is 3. The lowest BCUT2D eigenvalue weighted by molar-refractivity contribution is -0.133. The van der Waals surface area contributed by atoms with E-state index in [4.69, 9.17) is 34.8 Å². The van der Waals surface area contributed by atoms with Crippen LogP contribution in [0.25, 0.3) is 10.9 Å². The van der Waals surface area contributed by atoms with E-state index in [0.717, 1.165) is 0 Å². The van der Waals surface area contributed by atoms with Gasteiger partial charge < -0.3 is 10.6 Å². The summed E-state index contributed by atoms with van der Waals surface area (Å²) in [7, 11) is 0. The Kier molecular flexibility index (Phi) is 6.55. The van der Waals surface area contributed by atoms with E-state index in [0.29, 0.717) is 37.3 Å². The van der Waals surface area contributed by atoms with Crippen LogP contribution in [0.2, 0.25) is 15.1 Å². The standard InChI is InChI=1S/C23H15Cl3N4O3/c24-14-1-6-17(7-2-14)27-21(31)20-12-13-11-16(26)5-10-19(13)30(20)29-23(33)22(32)28-18-8-3-15(25)4-9-18/h1-12H,(H,27,31)(H,28,32)(H,29,33). The molecule has 3 amide bonds. The number of fused-ring (bicyclic) bond motifs is 1. The molecule has 0 unspecified atom stereocenters. The van der Waals surface area contributed by atoms with Crippen LogP contribution in [0.4, 0.5) is 11.4 Å². The molecule has 10 heteroatoms. The molecule has 0 atom stereocenters. The van der Waals surface area contributed by atoms with Crippen LogP contribution in [0.3, 0.4) is 0 Å². The van der Waals surface area contributed by atoms with Crippen molar-refractivity contribution in [2.45, 2.75) is 0 Å². The molecule has 0 saturated heterocycles. The van der Waals surface area contributed by atoms with Crippen molar-refractivity contribution in [1.29, 1.82) is 0 Å². The van der Waals surface area contributed by atoms with Crippen LogP contribution < -0.4 is 16.1 Å². The summed E-state index contributed by atoms with van der Waals surface area (Å²) in [6.45, 7) is 0. The van der Waals surface area contributed by atoms with Gasteiger partial charge in [-0.05, 0) is 72.8 Å². The lowest BCUT2D eigenvalue weighted by atomic mass is 10.2. The topological polar surface area (TPSA) is 92.2 Å². The molecule has 0 spiro atoms. The van der Waals surface area contributed by atoms with Crippen LogP contribution in [0.5, 0.6) is 0 Å². The molecular weight excluding hydrogens is 487 g/mol. The number of aromatic nitrogens is 1. The van der Waals surface area contributed by atoms with Gasteiger partial charge >= 0.3 is 11.8 Å². The highest BCUT2D eigenvalue weighted by molar-refractivity contribution is 6.42.